The summed E-state index contributed by atoms with van der Waals surface area (Å²) < 4.78 is 11.3. The highest BCUT2D eigenvalue weighted by molar-refractivity contribution is 8.03. The van der Waals surface area contributed by atoms with Crippen molar-refractivity contribution in [3.8, 4) is 0 Å². The molecule has 1 saturated heterocycles. The molecule has 0 saturated carbocycles. The number of nitrogens with one attached hydrogen (secondary N) is 2. The average molecular weight is 671 g/mol. The molecule has 1 fully saturated rings. The number of carbonyl (C=O) groups is 4. The highest BCUT2D eigenvalue weighted by Crippen LogP contribution is 2.41. The molecule has 0 aliphatic carbocycles. The number of β-lactam (4-membered cyclic amide) rings is 1. The smallest absolute Gasteiger partial charge is 0.334 e. The highest BCUT2D eigenvalue weighted by Gasteiger charge is 2.56. The Labute approximate surface area is 280 Å². The van der Waals surface area contributed by atoms with Crippen LogP contribution < -0.4 is 10.6 Å². The van der Waals surface area contributed by atoms with Gasteiger partial charge in [-0.3, -0.25) is 19.4 Å². The van der Waals surface area contributed by atoms with E-state index in [2.05, 4.69) is 15.6 Å². The summed E-state index contributed by atoms with van der Waals surface area (Å²) >= 11 is 7.36. The Balaban J connectivity index is 1.14. The van der Waals surface area contributed by atoms with Gasteiger partial charge in [0.15, 0.2) is 12.1 Å². The molecule has 12 heteroatoms. The maximum atomic E-state index is 13.9. The molecule has 0 radical (unpaired) electrons. The number of esters is 2. The molecule has 0 spiro atoms. The minimum Gasteiger partial charge on any atom is -0.461 e. The van der Waals surface area contributed by atoms with Gasteiger partial charge in [0.05, 0.1) is 5.52 Å². The molecule has 10 nitrogen and oxygen atoms in total. The van der Waals surface area contributed by atoms with Crippen molar-refractivity contribution in [3.05, 3.63) is 118 Å². The number of hydrogen-bond acceptors (Lipinski definition) is 9. The lowest BCUT2D eigenvalue weighted by Gasteiger charge is -2.51. The first-order chi connectivity index (χ1) is 22.8. The molecule has 4 aromatic rings. The fourth-order valence-electron chi connectivity index (χ4n) is 5.60. The van der Waals surface area contributed by atoms with Crippen LogP contribution in [0.5, 0.6) is 0 Å². The first-order valence-electron chi connectivity index (χ1n) is 15.0. The summed E-state index contributed by atoms with van der Waals surface area (Å²) in [5.74, 6) is -1.93. The quantitative estimate of drug-likeness (QED) is 0.163. The zero-order valence-corrected chi connectivity index (χ0v) is 26.9. The van der Waals surface area contributed by atoms with Crippen LogP contribution >= 0.6 is 23.4 Å². The Bertz CT molecular complexity index is 1800. The van der Waals surface area contributed by atoms with Gasteiger partial charge in [-0.25, -0.2) is 4.79 Å². The molecule has 0 bridgehead atoms. The van der Waals surface area contributed by atoms with Gasteiger partial charge >= 0.3 is 11.9 Å². The van der Waals surface area contributed by atoms with E-state index in [1.165, 1.54) is 23.6 Å². The van der Waals surface area contributed by atoms with Crippen molar-refractivity contribution in [2.45, 2.75) is 36.9 Å². The number of rotatable bonds is 11. The predicted octanol–water partition coefficient (Wildman–Crippen LogP) is 5.24. The Hall–Kier alpha value is -4.87. The first kappa shape index (κ1) is 32.1. The van der Waals surface area contributed by atoms with Gasteiger partial charge < -0.3 is 25.0 Å². The Morgan fingerprint density at radius 1 is 1.00 bits per heavy atom. The lowest BCUT2D eigenvalue weighted by molar-refractivity contribution is -0.166. The van der Waals surface area contributed by atoms with Gasteiger partial charge in [-0.05, 0) is 40.8 Å². The van der Waals surface area contributed by atoms with Crippen molar-refractivity contribution in [1.29, 1.82) is 0 Å². The molecular formula is C35H31ClN4O6S. The number of hydrogen-bond donors (Lipinski definition) is 2. The number of anilines is 1. The molecular weight excluding hydrogens is 640 g/mol. The lowest BCUT2D eigenvalue weighted by atomic mass is 9.97. The maximum absolute atomic E-state index is 13.9. The summed E-state index contributed by atoms with van der Waals surface area (Å²) in [4.78, 5) is 57.8. The van der Waals surface area contributed by atoms with Crippen LogP contribution in [0.25, 0.3) is 10.9 Å². The third kappa shape index (κ3) is 7.11. The number of halogens is 1. The second kappa shape index (κ2) is 14.3. The van der Waals surface area contributed by atoms with Crippen LogP contribution in [-0.2, 0) is 28.7 Å². The van der Waals surface area contributed by atoms with Crippen LogP contribution in [0, 0.1) is 0 Å². The number of thioether (sulfide) groups is 1. The Morgan fingerprint density at radius 2 is 1.70 bits per heavy atom. The van der Waals surface area contributed by atoms with Gasteiger partial charge in [0.1, 0.15) is 18.0 Å². The minimum absolute atomic E-state index is 0.105. The number of benzene rings is 3. The van der Waals surface area contributed by atoms with Crippen molar-refractivity contribution < 1.29 is 28.7 Å². The highest BCUT2D eigenvalue weighted by atomic mass is 35.5. The molecule has 2 aliphatic rings. The van der Waals surface area contributed by atoms with Gasteiger partial charge in [-0.15, -0.1) is 11.8 Å². The van der Waals surface area contributed by atoms with E-state index in [0.29, 0.717) is 17.1 Å². The van der Waals surface area contributed by atoms with Crippen molar-refractivity contribution >= 4 is 63.7 Å². The SMILES string of the molecule is CC(=O)OCC1=CS[C@@H]2[C@H](NC(=O)CCNc3ccnc4cc(Cl)ccc34)C(=O)N2C1C(=O)OC(c1ccccc1)c1ccccc1. The number of nitrogens with zero attached hydrogens (tertiary/aromatic N) is 2. The lowest BCUT2D eigenvalue weighted by Crippen LogP contribution is -2.74. The molecule has 6 rings (SSSR count). The molecule has 3 heterocycles. The predicted molar refractivity (Wildman–Crippen MR) is 179 cm³/mol. The molecule has 3 atom stereocenters. The van der Waals surface area contributed by atoms with Crippen molar-refractivity contribution in [3.63, 3.8) is 0 Å². The summed E-state index contributed by atoms with van der Waals surface area (Å²) in [5.41, 5.74) is 3.48. The van der Waals surface area contributed by atoms with Crippen LogP contribution in [0.3, 0.4) is 0 Å². The van der Waals surface area contributed by atoms with Crippen molar-refractivity contribution in [1.82, 2.24) is 15.2 Å². The fourth-order valence-corrected chi connectivity index (χ4v) is 6.97. The van der Waals surface area contributed by atoms with Gasteiger partial charge in [-0.2, -0.15) is 0 Å². The largest absolute Gasteiger partial charge is 0.461 e. The first-order valence-corrected chi connectivity index (χ1v) is 16.3. The zero-order chi connectivity index (χ0) is 32.9. The summed E-state index contributed by atoms with van der Waals surface area (Å²) in [6.45, 7) is 1.41. The molecule has 2 N–H and O–H groups in total. The molecule has 240 valence electrons. The molecule has 2 aliphatic heterocycles. The van der Waals surface area contributed by atoms with E-state index in [4.69, 9.17) is 21.1 Å². The molecule has 1 aromatic heterocycles. The fraction of sp³-hybridized carbons (Fsp3) is 0.229. The number of aromatic nitrogens is 1. The standard InChI is InChI=1S/C35H31ClN4O6S/c1-21(41)45-19-24-20-47-34-30(39-29(42)15-17-37-27-14-16-38-28-18-25(36)12-13-26(27)28)33(43)40(34)31(24)35(44)46-32(22-8-4-2-5-9-22)23-10-6-3-7-11-23/h2-14,16,18,20,30-32,34H,15,17,19H2,1H3,(H,37,38)(H,39,42)/t30-,31?,34-/m1/s1. The van der Waals surface area contributed by atoms with E-state index in [1.807, 2.05) is 72.8 Å². The normalized spacial score (nSPS) is 18.5. The van der Waals surface area contributed by atoms with Gasteiger partial charge in [0.2, 0.25) is 11.8 Å². The summed E-state index contributed by atoms with van der Waals surface area (Å²) in [6, 6.07) is 23.9. The topological polar surface area (TPSA) is 127 Å². The molecule has 1 unspecified atom stereocenters. The summed E-state index contributed by atoms with van der Waals surface area (Å²) in [6.07, 6.45) is 1.03. The van der Waals surface area contributed by atoms with E-state index < -0.39 is 41.4 Å². The second-order valence-corrected chi connectivity index (χ2v) is 12.5. The van der Waals surface area contributed by atoms with Crippen molar-refractivity contribution in [2.75, 3.05) is 18.5 Å². The maximum Gasteiger partial charge on any atom is 0.334 e. The molecule has 47 heavy (non-hydrogen) atoms. The molecule has 2 amide bonds. The van der Waals surface area contributed by atoms with Gasteiger partial charge in [0, 0.05) is 47.8 Å². The number of carbonyl (C=O) groups excluding carboxylic acids is 4. The Morgan fingerprint density at radius 3 is 2.38 bits per heavy atom. The average Bonchev–Trinajstić information content (AvgIpc) is 3.08. The monoisotopic (exact) mass is 670 g/mol. The molecule has 3 aromatic carbocycles. The number of pyridine rings is 1. The third-order valence-electron chi connectivity index (χ3n) is 7.86. The van der Waals surface area contributed by atoms with Crippen LogP contribution in [0.1, 0.15) is 30.6 Å². The van der Waals surface area contributed by atoms with Gasteiger partial charge in [-0.1, -0.05) is 72.3 Å². The van der Waals surface area contributed by atoms with E-state index in [1.54, 1.807) is 23.7 Å². The van der Waals surface area contributed by atoms with Crippen LogP contribution in [0.4, 0.5) is 5.69 Å². The van der Waals surface area contributed by atoms with Gasteiger partial charge in [0.25, 0.3) is 0 Å². The number of amides is 2. The van der Waals surface area contributed by atoms with Crippen LogP contribution in [0.2, 0.25) is 5.02 Å². The third-order valence-corrected chi connectivity index (χ3v) is 9.31. The van der Waals surface area contributed by atoms with E-state index >= 15 is 0 Å². The van der Waals surface area contributed by atoms with Crippen LogP contribution in [0.15, 0.2) is 102 Å². The van der Waals surface area contributed by atoms with Crippen LogP contribution in [-0.4, -0.2) is 64.2 Å². The van der Waals surface area contributed by atoms with E-state index in [-0.39, 0.29) is 18.9 Å². The summed E-state index contributed by atoms with van der Waals surface area (Å²) in [7, 11) is 0. The number of ether oxygens (including phenoxy) is 2. The Kier molecular flexibility index (Phi) is 9.74. The zero-order valence-electron chi connectivity index (χ0n) is 25.3. The van der Waals surface area contributed by atoms with E-state index in [0.717, 1.165) is 27.7 Å². The minimum atomic E-state index is -1.13. The van der Waals surface area contributed by atoms with Crippen molar-refractivity contribution in [2.24, 2.45) is 0 Å². The van der Waals surface area contributed by atoms with E-state index in [9.17, 15) is 19.2 Å². The number of fused-ring (bicyclic) bond motifs is 2. The summed E-state index contributed by atoms with van der Waals surface area (Å²) in [5, 5.41) is 8.70. The second-order valence-electron chi connectivity index (χ2n) is 11.0.